The highest BCUT2D eigenvalue weighted by Gasteiger charge is 2.33. The summed E-state index contributed by atoms with van der Waals surface area (Å²) >= 11 is 0. The molecule has 3 N–H and O–H groups in total. The molecule has 116 valence electrons. The number of carbonyl (C=O) groups excluding carboxylic acids is 1. The lowest BCUT2D eigenvalue weighted by Crippen LogP contribution is -2.39. The Balaban J connectivity index is 2.15. The minimum absolute atomic E-state index is 0.212. The van der Waals surface area contributed by atoms with Crippen LogP contribution in [-0.4, -0.2) is 24.7 Å². The number of ether oxygens (including phenoxy) is 2. The van der Waals surface area contributed by atoms with Crippen LogP contribution in [0.15, 0.2) is 18.2 Å². The fourth-order valence-corrected chi connectivity index (χ4v) is 2.62. The monoisotopic (exact) mass is 292 g/mol. The van der Waals surface area contributed by atoms with Gasteiger partial charge in [0.15, 0.2) is 0 Å². The first kappa shape index (κ1) is 15.6. The average Bonchev–Trinajstić information content (AvgIpc) is 2.37. The fraction of sp³-hybridized carbons (Fsp3) is 0.562. The van der Waals surface area contributed by atoms with Crippen molar-refractivity contribution in [1.29, 1.82) is 0 Å². The standard InChI is InChI=1S/C16H24N2O3/c1-4-18-13-10-16(2,3)21-14-9-11(5-6-12(13)14)20-8-7-15(17)19/h5-6,9,13,18H,4,7-8,10H2,1-3H3,(H2,17,19). The average molecular weight is 292 g/mol. The number of rotatable bonds is 6. The molecule has 1 unspecified atom stereocenters. The molecule has 2 rings (SSSR count). The number of nitrogens with one attached hydrogen (secondary N) is 1. The van der Waals surface area contributed by atoms with Crippen molar-refractivity contribution in [2.45, 2.75) is 45.3 Å². The smallest absolute Gasteiger partial charge is 0.220 e. The van der Waals surface area contributed by atoms with Crippen LogP contribution >= 0.6 is 0 Å². The number of amides is 1. The van der Waals surface area contributed by atoms with Crippen molar-refractivity contribution in [2.24, 2.45) is 5.73 Å². The van der Waals surface area contributed by atoms with E-state index in [0.717, 1.165) is 24.3 Å². The maximum absolute atomic E-state index is 10.7. The normalized spacial score (nSPS) is 19.5. The number of nitrogens with two attached hydrogens (primary N) is 1. The Bertz CT molecular complexity index is 514. The quantitative estimate of drug-likeness (QED) is 0.842. The molecule has 0 saturated heterocycles. The van der Waals surface area contributed by atoms with E-state index in [9.17, 15) is 4.79 Å². The summed E-state index contributed by atoms with van der Waals surface area (Å²) in [4.78, 5) is 10.7. The summed E-state index contributed by atoms with van der Waals surface area (Å²) in [5.41, 5.74) is 6.04. The van der Waals surface area contributed by atoms with Crippen molar-refractivity contribution in [3.63, 3.8) is 0 Å². The molecule has 0 aromatic heterocycles. The molecular weight excluding hydrogens is 268 g/mol. The second kappa shape index (κ2) is 6.35. The van der Waals surface area contributed by atoms with Crippen molar-refractivity contribution in [3.05, 3.63) is 23.8 Å². The number of carbonyl (C=O) groups is 1. The maximum atomic E-state index is 10.7. The molecule has 0 fully saturated rings. The highest BCUT2D eigenvalue weighted by Crippen LogP contribution is 2.41. The van der Waals surface area contributed by atoms with Gasteiger partial charge >= 0.3 is 0 Å². The van der Waals surface area contributed by atoms with E-state index in [-0.39, 0.29) is 30.6 Å². The highest BCUT2D eigenvalue weighted by molar-refractivity contribution is 5.73. The summed E-state index contributed by atoms with van der Waals surface area (Å²) in [6.45, 7) is 7.47. The van der Waals surface area contributed by atoms with Gasteiger partial charge in [-0.25, -0.2) is 0 Å². The molecule has 5 nitrogen and oxygen atoms in total. The lowest BCUT2D eigenvalue weighted by atomic mass is 9.89. The van der Waals surface area contributed by atoms with Gasteiger partial charge in [0.05, 0.1) is 13.0 Å². The predicted octanol–water partition coefficient (Wildman–Crippen LogP) is 2.15. The molecule has 1 aliphatic rings. The van der Waals surface area contributed by atoms with Gasteiger partial charge in [-0.3, -0.25) is 4.79 Å². The fourth-order valence-electron chi connectivity index (χ4n) is 2.62. The zero-order valence-electron chi connectivity index (χ0n) is 12.9. The van der Waals surface area contributed by atoms with Crippen molar-refractivity contribution in [1.82, 2.24) is 5.32 Å². The van der Waals surface area contributed by atoms with Gasteiger partial charge in [0.1, 0.15) is 17.1 Å². The number of hydrogen-bond acceptors (Lipinski definition) is 4. The largest absolute Gasteiger partial charge is 0.493 e. The van der Waals surface area contributed by atoms with Gasteiger partial charge in [-0.1, -0.05) is 13.0 Å². The van der Waals surface area contributed by atoms with Crippen LogP contribution in [0.2, 0.25) is 0 Å². The third-order valence-electron chi connectivity index (χ3n) is 3.51. The van der Waals surface area contributed by atoms with Crippen molar-refractivity contribution >= 4 is 5.91 Å². The summed E-state index contributed by atoms with van der Waals surface area (Å²) in [6, 6.07) is 6.11. The van der Waals surface area contributed by atoms with Gasteiger partial charge in [0.2, 0.25) is 5.91 Å². The van der Waals surface area contributed by atoms with E-state index in [1.54, 1.807) is 0 Å². The third kappa shape index (κ3) is 4.11. The van der Waals surface area contributed by atoms with Crippen LogP contribution in [0.1, 0.15) is 45.2 Å². The molecule has 0 saturated carbocycles. The molecule has 0 aliphatic carbocycles. The Morgan fingerprint density at radius 3 is 2.95 bits per heavy atom. The van der Waals surface area contributed by atoms with E-state index >= 15 is 0 Å². The highest BCUT2D eigenvalue weighted by atomic mass is 16.5. The lowest BCUT2D eigenvalue weighted by molar-refractivity contribution is -0.118. The van der Waals surface area contributed by atoms with E-state index in [2.05, 4.69) is 26.1 Å². The van der Waals surface area contributed by atoms with Gasteiger partial charge in [0.25, 0.3) is 0 Å². The molecule has 1 aliphatic heterocycles. The van der Waals surface area contributed by atoms with E-state index in [0.29, 0.717) is 5.75 Å². The second-order valence-corrected chi connectivity index (χ2v) is 5.94. The Kier molecular flexibility index (Phi) is 4.73. The number of benzene rings is 1. The van der Waals surface area contributed by atoms with E-state index < -0.39 is 0 Å². The molecule has 0 spiro atoms. The molecule has 5 heteroatoms. The first-order chi connectivity index (χ1) is 9.91. The summed E-state index contributed by atoms with van der Waals surface area (Å²) in [7, 11) is 0. The van der Waals surface area contributed by atoms with Crippen LogP contribution in [0.5, 0.6) is 11.5 Å². The first-order valence-corrected chi connectivity index (χ1v) is 7.39. The van der Waals surface area contributed by atoms with Gasteiger partial charge in [-0.15, -0.1) is 0 Å². The number of hydrogen-bond donors (Lipinski definition) is 2. The third-order valence-corrected chi connectivity index (χ3v) is 3.51. The number of primary amides is 1. The molecular formula is C16H24N2O3. The summed E-state index contributed by atoms with van der Waals surface area (Å²) in [6.07, 6.45) is 1.14. The van der Waals surface area contributed by atoms with Crippen LogP contribution in [-0.2, 0) is 4.79 Å². The summed E-state index contributed by atoms with van der Waals surface area (Å²) in [5, 5.41) is 3.49. The molecule has 0 bridgehead atoms. The van der Waals surface area contributed by atoms with Crippen molar-refractivity contribution in [2.75, 3.05) is 13.2 Å². The molecule has 1 heterocycles. The molecule has 1 aromatic carbocycles. The van der Waals surface area contributed by atoms with Crippen LogP contribution < -0.4 is 20.5 Å². The van der Waals surface area contributed by atoms with Gasteiger partial charge in [-0.05, 0) is 26.5 Å². The van der Waals surface area contributed by atoms with Crippen LogP contribution in [0, 0.1) is 0 Å². The zero-order valence-corrected chi connectivity index (χ0v) is 12.9. The van der Waals surface area contributed by atoms with Crippen LogP contribution in [0.3, 0.4) is 0 Å². The van der Waals surface area contributed by atoms with Gasteiger partial charge in [0, 0.05) is 24.1 Å². The summed E-state index contributed by atoms with van der Waals surface area (Å²) in [5.74, 6) is 1.18. The SMILES string of the molecule is CCNC1CC(C)(C)Oc2cc(OCCC(N)=O)ccc21. The Hall–Kier alpha value is -1.75. The minimum Gasteiger partial charge on any atom is -0.493 e. The molecule has 21 heavy (non-hydrogen) atoms. The molecule has 1 atom stereocenters. The summed E-state index contributed by atoms with van der Waals surface area (Å²) < 4.78 is 11.6. The van der Waals surface area contributed by atoms with E-state index in [1.165, 1.54) is 0 Å². The second-order valence-electron chi connectivity index (χ2n) is 5.94. The predicted molar refractivity (Wildman–Crippen MR) is 81.5 cm³/mol. The van der Waals surface area contributed by atoms with Crippen molar-refractivity contribution in [3.8, 4) is 11.5 Å². The molecule has 1 aromatic rings. The Morgan fingerprint density at radius 2 is 2.29 bits per heavy atom. The topological polar surface area (TPSA) is 73.6 Å². The Morgan fingerprint density at radius 1 is 1.52 bits per heavy atom. The van der Waals surface area contributed by atoms with Gasteiger partial charge < -0.3 is 20.5 Å². The molecule has 0 radical (unpaired) electrons. The lowest BCUT2D eigenvalue weighted by Gasteiger charge is -2.38. The van der Waals surface area contributed by atoms with Crippen molar-refractivity contribution < 1.29 is 14.3 Å². The van der Waals surface area contributed by atoms with E-state index in [1.807, 2.05) is 18.2 Å². The van der Waals surface area contributed by atoms with Crippen LogP contribution in [0.25, 0.3) is 0 Å². The van der Waals surface area contributed by atoms with Crippen LogP contribution in [0.4, 0.5) is 0 Å². The Labute approximate surface area is 125 Å². The molecule has 1 amide bonds. The van der Waals surface area contributed by atoms with Gasteiger partial charge in [-0.2, -0.15) is 0 Å². The number of fused-ring (bicyclic) bond motifs is 1. The van der Waals surface area contributed by atoms with E-state index in [4.69, 9.17) is 15.2 Å². The maximum Gasteiger partial charge on any atom is 0.220 e. The zero-order chi connectivity index (χ0) is 15.5. The first-order valence-electron chi connectivity index (χ1n) is 7.39. The minimum atomic E-state index is -0.363.